The van der Waals surface area contributed by atoms with Crippen molar-refractivity contribution in [2.75, 3.05) is 13.1 Å². The van der Waals surface area contributed by atoms with Gasteiger partial charge in [-0.2, -0.15) is 4.31 Å². The number of ether oxygens (including phenoxy) is 1. The lowest BCUT2D eigenvalue weighted by atomic mass is 9.98. The van der Waals surface area contributed by atoms with Crippen molar-refractivity contribution in [3.05, 3.63) is 17.9 Å². The lowest BCUT2D eigenvalue weighted by Gasteiger charge is -2.21. The Morgan fingerprint density at radius 1 is 1.09 bits per heavy atom. The van der Waals surface area contributed by atoms with Gasteiger partial charge in [0.15, 0.2) is 0 Å². The first-order chi connectivity index (χ1) is 10.6. The van der Waals surface area contributed by atoms with E-state index >= 15 is 0 Å². The third-order valence-electron chi connectivity index (χ3n) is 4.27. The van der Waals surface area contributed by atoms with Gasteiger partial charge >= 0.3 is 5.97 Å². The maximum absolute atomic E-state index is 12.3. The van der Waals surface area contributed by atoms with Gasteiger partial charge in [0.2, 0.25) is 10.9 Å². The summed E-state index contributed by atoms with van der Waals surface area (Å²) in [6.45, 7) is 1.01. The van der Waals surface area contributed by atoms with Gasteiger partial charge in [0.05, 0.1) is 0 Å². The molecule has 1 saturated carbocycles. The Hall–Kier alpha value is -1.34. The molecule has 7 heteroatoms. The number of carbonyl (C=O) groups excluding carboxylic acids is 1. The van der Waals surface area contributed by atoms with Crippen molar-refractivity contribution in [1.29, 1.82) is 0 Å². The Kier molecular flexibility index (Phi) is 4.54. The van der Waals surface area contributed by atoms with Crippen molar-refractivity contribution in [2.24, 2.45) is 0 Å². The third kappa shape index (κ3) is 3.20. The van der Waals surface area contributed by atoms with Crippen LogP contribution in [0, 0.1) is 0 Å². The van der Waals surface area contributed by atoms with Crippen LogP contribution in [0.1, 0.15) is 55.5 Å². The lowest BCUT2D eigenvalue weighted by Crippen LogP contribution is -2.27. The van der Waals surface area contributed by atoms with Gasteiger partial charge in [0, 0.05) is 13.1 Å². The Labute approximate surface area is 130 Å². The minimum absolute atomic E-state index is 0.0386. The molecule has 6 nitrogen and oxygen atoms in total. The number of hydrogen-bond acceptors (Lipinski definition) is 5. The van der Waals surface area contributed by atoms with Crippen LogP contribution < -0.4 is 0 Å². The zero-order valence-corrected chi connectivity index (χ0v) is 13.3. The van der Waals surface area contributed by atoms with E-state index in [4.69, 9.17) is 9.15 Å². The number of sulfonamides is 1. The minimum atomic E-state index is -3.63. The van der Waals surface area contributed by atoms with Crippen molar-refractivity contribution in [3.63, 3.8) is 0 Å². The predicted molar refractivity (Wildman–Crippen MR) is 79.0 cm³/mol. The van der Waals surface area contributed by atoms with Crippen LogP contribution in [0.3, 0.4) is 0 Å². The van der Waals surface area contributed by atoms with E-state index in [9.17, 15) is 13.2 Å². The second-order valence-electron chi connectivity index (χ2n) is 5.90. The number of rotatable bonds is 4. The topological polar surface area (TPSA) is 76.8 Å². The van der Waals surface area contributed by atoms with Crippen LogP contribution in [0.4, 0.5) is 0 Å². The second kappa shape index (κ2) is 6.42. The molecule has 1 aliphatic heterocycles. The molecule has 1 aliphatic carbocycles. The molecule has 0 N–H and O–H groups in total. The molecule has 2 aliphatic rings. The van der Waals surface area contributed by atoms with Gasteiger partial charge in [-0.05, 0) is 50.7 Å². The molecule has 0 radical (unpaired) electrons. The highest BCUT2D eigenvalue weighted by molar-refractivity contribution is 7.89. The number of nitrogens with zero attached hydrogens (tertiary/aromatic N) is 1. The molecule has 2 heterocycles. The minimum Gasteiger partial charge on any atom is -0.457 e. The number of furan rings is 1. The molecule has 22 heavy (non-hydrogen) atoms. The average molecular weight is 327 g/mol. The summed E-state index contributed by atoms with van der Waals surface area (Å²) < 4.78 is 36.7. The maximum Gasteiger partial charge on any atom is 0.374 e. The fraction of sp³-hybridized carbons (Fsp3) is 0.667. The summed E-state index contributed by atoms with van der Waals surface area (Å²) in [5.41, 5.74) is 0. The summed E-state index contributed by atoms with van der Waals surface area (Å²) in [6.07, 6.45) is 6.66. The van der Waals surface area contributed by atoms with Crippen molar-refractivity contribution in [3.8, 4) is 0 Å². The highest BCUT2D eigenvalue weighted by atomic mass is 32.2. The predicted octanol–water partition coefficient (Wildman–Crippen LogP) is 2.55. The molecule has 3 rings (SSSR count). The van der Waals surface area contributed by atoms with Crippen LogP contribution in [-0.2, 0) is 14.8 Å². The van der Waals surface area contributed by atoms with E-state index in [1.165, 1.54) is 22.9 Å². The van der Waals surface area contributed by atoms with Crippen LogP contribution >= 0.6 is 0 Å². The van der Waals surface area contributed by atoms with Gasteiger partial charge in [0.1, 0.15) is 6.10 Å². The average Bonchev–Trinajstić information content (AvgIpc) is 3.20. The first-order valence-corrected chi connectivity index (χ1v) is 9.32. The Bertz CT molecular complexity index is 624. The summed E-state index contributed by atoms with van der Waals surface area (Å²) in [5.74, 6) is -0.613. The Morgan fingerprint density at radius 2 is 1.77 bits per heavy atom. The molecule has 0 spiro atoms. The third-order valence-corrected chi connectivity index (χ3v) is 6.04. The summed E-state index contributed by atoms with van der Waals surface area (Å²) >= 11 is 0. The fourth-order valence-electron chi connectivity index (χ4n) is 3.02. The highest BCUT2D eigenvalue weighted by Gasteiger charge is 2.31. The molecular weight excluding hydrogens is 306 g/mol. The molecule has 0 aromatic carbocycles. The molecule has 1 saturated heterocycles. The van der Waals surface area contributed by atoms with E-state index in [0.717, 1.165) is 38.5 Å². The smallest absolute Gasteiger partial charge is 0.374 e. The van der Waals surface area contributed by atoms with Crippen molar-refractivity contribution < 1.29 is 22.4 Å². The van der Waals surface area contributed by atoms with Gasteiger partial charge in [-0.3, -0.25) is 0 Å². The van der Waals surface area contributed by atoms with E-state index in [0.29, 0.717) is 13.1 Å². The number of esters is 1. The molecule has 0 atom stereocenters. The van der Waals surface area contributed by atoms with Crippen LogP contribution in [0.25, 0.3) is 0 Å². The number of hydrogen-bond donors (Lipinski definition) is 0. The summed E-state index contributed by atoms with van der Waals surface area (Å²) in [7, 11) is -3.63. The zero-order chi connectivity index (χ0) is 15.6. The standard InChI is InChI=1S/C15H21NO5S/c17-15(20-12-6-2-1-3-7-12)13-8-9-14(21-13)22(18,19)16-10-4-5-11-16/h8-9,12H,1-7,10-11H2. The van der Waals surface area contributed by atoms with Crippen molar-refractivity contribution in [2.45, 2.75) is 56.1 Å². The molecule has 0 unspecified atom stereocenters. The summed E-state index contributed by atoms with van der Waals surface area (Å²) in [6, 6.07) is 2.72. The van der Waals surface area contributed by atoms with Crippen LogP contribution in [0.15, 0.2) is 21.6 Å². The zero-order valence-electron chi connectivity index (χ0n) is 12.5. The Balaban J connectivity index is 1.68. The van der Waals surface area contributed by atoms with Gasteiger partial charge < -0.3 is 9.15 Å². The van der Waals surface area contributed by atoms with Crippen LogP contribution in [0.2, 0.25) is 0 Å². The number of carbonyl (C=O) groups is 1. The van der Waals surface area contributed by atoms with E-state index in [1.807, 2.05) is 0 Å². The van der Waals surface area contributed by atoms with Crippen molar-refractivity contribution in [1.82, 2.24) is 4.31 Å². The second-order valence-corrected chi connectivity index (χ2v) is 7.76. The van der Waals surface area contributed by atoms with Gasteiger partial charge in [-0.1, -0.05) is 6.42 Å². The maximum atomic E-state index is 12.3. The monoisotopic (exact) mass is 327 g/mol. The largest absolute Gasteiger partial charge is 0.457 e. The van der Waals surface area contributed by atoms with Gasteiger partial charge in [0.25, 0.3) is 10.0 Å². The van der Waals surface area contributed by atoms with E-state index in [-0.39, 0.29) is 17.0 Å². The molecule has 0 amide bonds. The van der Waals surface area contributed by atoms with Gasteiger partial charge in [-0.15, -0.1) is 0 Å². The summed E-state index contributed by atoms with van der Waals surface area (Å²) in [4.78, 5) is 12.1. The van der Waals surface area contributed by atoms with Crippen molar-refractivity contribution >= 4 is 16.0 Å². The SMILES string of the molecule is O=C(OC1CCCCC1)c1ccc(S(=O)(=O)N2CCCC2)o1. The molecular formula is C15H21NO5S. The summed E-state index contributed by atoms with van der Waals surface area (Å²) in [5, 5.41) is -0.176. The normalized spacial score (nSPS) is 21.1. The van der Waals surface area contributed by atoms with Crippen LogP contribution in [0.5, 0.6) is 0 Å². The molecule has 2 fully saturated rings. The first-order valence-electron chi connectivity index (χ1n) is 7.88. The lowest BCUT2D eigenvalue weighted by molar-refractivity contribution is 0.0171. The van der Waals surface area contributed by atoms with E-state index < -0.39 is 16.0 Å². The Morgan fingerprint density at radius 3 is 2.45 bits per heavy atom. The molecule has 1 aromatic heterocycles. The van der Waals surface area contributed by atoms with E-state index in [2.05, 4.69) is 0 Å². The van der Waals surface area contributed by atoms with Crippen LogP contribution in [-0.4, -0.2) is 37.9 Å². The quantitative estimate of drug-likeness (QED) is 0.794. The molecule has 122 valence electrons. The molecule has 0 bridgehead atoms. The fourth-order valence-corrected chi connectivity index (χ4v) is 4.45. The van der Waals surface area contributed by atoms with Gasteiger partial charge in [-0.25, -0.2) is 13.2 Å². The first kappa shape index (κ1) is 15.6. The molecule has 1 aromatic rings. The highest BCUT2D eigenvalue weighted by Crippen LogP contribution is 2.25. The van der Waals surface area contributed by atoms with E-state index in [1.54, 1.807) is 0 Å².